The van der Waals surface area contributed by atoms with Crippen LogP contribution in [-0.4, -0.2) is 51.0 Å². The third kappa shape index (κ3) is 11.6. The molecule has 0 heterocycles. The molecule has 0 aromatic rings. The molecule has 1 amide bonds. The minimum absolute atomic E-state index is 0.0556. The summed E-state index contributed by atoms with van der Waals surface area (Å²) in [6, 6.07) is 0.211. The van der Waals surface area contributed by atoms with Gasteiger partial charge in [-0.2, -0.15) is 0 Å². The van der Waals surface area contributed by atoms with Crippen LogP contribution >= 0.6 is 0 Å². The lowest BCUT2D eigenvalue weighted by Crippen LogP contribution is -2.23. The average Bonchev–Trinajstić information content (AvgIpc) is 2.67. The highest BCUT2D eigenvalue weighted by Gasteiger charge is 2.25. The SMILES string of the molecule is CC.NC(=O)C1CCC(N)C1.[B]C(=O)CN(C)C. The number of primary amides is 1. The maximum atomic E-state index is 10.5. The summed E-state index contributed by atoms with van der Waals surface area (Å²) in [6.07, 6.45) is 2.62. The van der Waals surface area contributed by atoms with E-state index in [1.165, 1.54) is 0 Å². The number of nitrogens with zero attached hydrogens (tertiary/aromatic N) is 1. The van der Waals surface area contributed by atoms with Crippen molar-refractivity contribution in [3.8, 4) is 0 Å². The smallest absolute Gasteiger partial charge is 0.220 e. The van der Waals surface area contributed by atoms with E-state index in [0.29, 0.717) is 6.54 Å². The van der Waals surface area contributed by atoms with E-state index in [0.717, 1.165) is 19.3 Å². The van der Waals surface area contributed by atoms with Gasteiger partial charge in [-0.15, -0.1) is 0 Å². The highest BCUT2D eigenvalue weighted by molar-refractivity contribution is 6.58. The van der Waals surface area contributed by atoms with Crippen molar-refractivity contribution < 1.29 is 9.59 Å². The molecule has 2 atom stereocenters. The monoisotopic (exact) mass is 255 g/mol. The van der Waals surface area contributed by atoms with Crippen molar-refractivity contribution in [1.82, 2.24) is 4.90 Å². The average molecular weight is 255 g/mol. The van der Waals surface area contributed by atoms with Crippen molar-refractivity contribution in [3.63, 3.8) is 0 Å². The summed E-state index contributed by atoms with van der Waals surface area (Å²) in [6.45, 7) is 4.33. The van der Waals surface area contributed by atoms with Gasteiger partial charge in [0.1, 0.15) is 0 Å². The lowest BCUT2D eigenvalue weighted by molar-refractivity contribution is -0.121. The van der Waals surface area contributed by atoms with Crippen LogP contribution in [0.2, 0.25) is 0 Å². The van der Waals surface area contributed by atoms with Crippen LogP contribution in [0.15, 0.2) is 0 Å². The molecule has 6 heteroatoms. The Labute approximate surface area is 112 Å². The van der Waals surface area contributed by atoms with E-state index >= 15 is 0 Å². The highest BCUT2D eigenvalue weighted by atomic mass is 16.1. The number of hydrogen-bond acceptors (Lipinski definition) is 4. The van der Waals surface area contributed by atoms with E-state index in [4.69, 9.17) is 19.3 Å². The zero-order valence-electron chi connectivity index (χ0n) is 12.0. The molecule has 1 aliphatic carbocycles. The summed E-state index contributed by atoms with van der Waals surface area (Å²) in [7, 11) is 8.41. The Morgan fingerprint density at radius 1 is 1.28 bits per heavy atom. The lowest BCUT2D eigenvalue weighted by Gasteiger charge is -2.03. The van der Waals surface area contributed by atoms with E-state index in [1.807, 2.05) is 13.8 Å². The first kappa shape index (κ1) is 19.5. The van der Waals surface area contributed by atoms with Gasteiger partial charge in [0, 0.05) is 18.5 Å². The van der Waals surface area contributed by atoms with Crippen LogP contribution in [0.3, 0.4) is 0 Å². The zero-order chi connectivity index (χ0) is 14.7. The minimum atomic E-state index is -0.287. The zero-order valence-corrected chi connectivity index (χ0v) is 12.0. The molecule has 0 saturated heterocycles. The Bertz CT molecular complexity index is 247. The predicted octanol–water partition coefficient (Wildman–Crippen LogP) is -0.132. The van der Waals surface area contributed by atoms with Gasteiger partial charge in [-0.25, -0.2) is 0 Å². The Morgan fingerprint density at radius 2 is 1.78 bits per heavy atom. The fraction of sp³-hybridized carbons (Fsp3) is 0.833. The second-order valence-corrected chi connectivity index (χ2v) is 4.38. The number of hydrogen-bond donors (Lipinski definition) is 2. The predicted molar refractivity (Wildman–Crippen MR) is 75.2 cm³/mol. The summed E-state index contributed by atoms with van der Waals surface area (Å²) >= 11 is 0. The molecule has 5 nitrogen and oxygen atoms in total. The Kier molecular flexibility index (Phi) is 12.1. The molecular formula is C12H26BN3O2. The van der Waals surface area contributed by atoms with Gasteiger partial charge in [0.15, 0.2) is 7.85 Å². The van der Waals surface area contributed by atoms with Gasteiger partial charge in [0.2, 0.25) is 5.91 Å². The third-order valence-corrected chi connectivity index (χ3v) is 2.35. The maximum Gasteiger partial charge on any atom is 0.220 e. The molecule has 104 valence electrons. The third-order valence-electron chi connectivity index (χ3n) is 2.35. The molecule has 1 rings (SSSR count). The van der Waals surface area contributed by atoms with Crippen molar-refractivity contribution in [2.24, 2.45) is 17.4 Å². The van der Waals surface area contributed by atoms with Crippen LogP contribution in [0, 0.1) is 5.92 Å². The fourth-order valence-electron chi connectivity index (χ4n) is 1.59. The molecule has 1 fully saturated rings. The standard InChI is InChI=1S/C6H12N2O.C4H8BNO.C2H6/c7-5-2-1-4(3-5)6(8)9;1-6(2)3-4(5)7;1-2/h4-5H,1-3,7H2,(H2,8,9);3H2,1-2H3;1-2H3. The molecule has 18 heavy (non-hydrogen) atoms. The number of nitrogens with two attached hydrogens (primary N) is 2. The van der Waals surface area contributed by atoms with E-state index in [-0.39, 0.29) is 23.5 Å². The summed E-state index contributed by atoms with van der Waals surface area (Å²) in [5, 5.41) is 0. The number of likely N-dealkylation sites (N-methyl/N-ethyl adjacent to an activating group) is 1. The van der Waals surface area contributed by atoms with Crippen LogP contribution in [0.5, 0.6) is 0 Å². The number of carbonyl (C=O) groups is 2. The van der Waals surface area contributed by atoms with Crippen molar-refractivity contribution in [2.75, 3.05) is 20.6 Å². The molecule has 2 radical (unpaired) electrons. The van der Waals surface area contributed by atoms with Crippen LogP contribution in [-0.2, 0) is 9.59 Å². The first-order chi connectivity index (χ1) is 8.32. The molecule has 1 saturated carbocycles. The first-order valence-corrected chi connectivity index (χ1v) is 6.30. The molecule has 0 spiro atoms. The fourth-order valence-corrected chi connectivity index (χ4v) is 1.59. The van der Waals surface area contributed by atoms with Crippen molar-refractivity contribution in [2.45, 2.75) is 39.2 Å². The number of carbonyl (C=O) groups excluding carboxylic acids is 2. The quantitative estimate of drug-likeness (QED) is 0.687. The van der Waals surface area contributed by atoms with E-state index < -0.39 is 0 Å². The number of amides is 1. The van der Waals surface area contributed by atoms with Crippen LogP contribution in [0.4, 0.5) is 0 Å². The highest BCUT2D eigenvalue weighted by Crippen LogP contribution is 2.22. The maximum absolute atomic E-state index is 10.5. The topological polar surface area (TPSA) is 89.4 Å². The van der Waals surface area contributed by atoms with E-state index in [1.54, 1.807) is 19.0 Å². The summed E-state index contributed by atoms with van der Waals surface area (Å²) < 4.78 is 0. The summed E-state index contributed by atoms with van der Waals surface area (Å²) in [5.41, 5.74) is 10.3. The molecule has 0 bridgehead atoms. The second-order valence-electron chi connectivity index (χ2n) is 4.38. The molecule has 4 N–H and O–H groups in total. The number of rotatable bonds is 3. The second kappa shape index (κ2) is 11.2. The normalized spacial score (nSPS) is 21.4. The first-order valence-electron chi connectivity index (χ1n) is 6.30. The Morgan fingerprint density at radius 3 is 1.89 bits per heavy atom. The van der Waals surface area contributed by atoms with E-state index in [2.05, 4.69) is 0 Å². The van der Waals surface area contributed by atoms with Gasteiger partial charge >= 0.3 is 0 Å². The summed E-state index contributed by atoms with van der Waals surface area (Å²) in [4.78, 5) is 22.2. The Balaban J connectivity index is 0. The van der Waals surface area contributed by atoms with Crippen molar-refractivity contribution >= 4 is 19.4 Å². The molecule has 0 aliphatic heterocycles. The van der Waals surface area contributed by atoms with Crippen LogP contribution < -0.4 is 11.5 Å². The van der Waals surface area contributed by atoms with Crippen molar-refractivity contribution in [1.29, 1.82) is 0 Å². The molecule has 0 aromatic carbocycles. The van der Waals surface area contributed by atoms with Crippen molar-refractivity contribution in [3.05, 3.63) is 0 Å². The lowest BCUT2D eigenvalue weighted by atomic mass is 10.0. The van der Waals surface area contributed by atoms with Gasteiger partial charge in [0.25, 0.3) is 0 Å². The van der Waals surface area contributed by atoms with Gasteiger partial charge in [0.05, 0.1) is 5.68 Å². The van der Waals surface area contributed by atoms with Gasteiger partial charge in [-0.3, -0.25) is 4.79 Å². The Hall–Kier alpha value is -0.875. The molecule has 2 unspecified atom stereocenters. The largest absolute Gasteiger partial charge is 0.369 e. The summed E-state index contributed by atoms with van der Waals surface area (Å²) in [5.74, 6) is -0.136. The van der Waals surface area contributed by atoms with Gasteiger partial charge in [-0.05, 0) is 33.4 Å². The van der Waals surface area contributed by atoms with Gasteiger partial charge < -0.3 is 21.2 Å². The molecule has 1 aliphatic rings. The molecular weight excluding hydrogens is 229 g/mol. The minimum Gasteiger partial charge on any atom is -0.369 e. The van der Waals surface area contributed by atoms with Gasteiger partial charge in [-0.1, -0.05) is 13.8 Å². The molecule has 0 aromatic heterocycles. The van der Waals surface area contributed by atoms with Crippen LogP contribution in [0.25, 0.3) is 0 Å². The van der Waals surface area contributed by atoms with E-state index in [9.17, 15) is 9.59 Å². The van der Waals surface area contributed by atoms with Crippen LogP contribution in [0.1, 0.15) is 33.1 Å².